The standard InChI is InChI=1S/C42H46O10/c1-3-37(44)49-24-5-23-48-34-16-10-29(11-17-34)13-21-40(47)52-36-19-18-35(41-31-14-15-32(27-31)42(36)41)51-39(46)20-12-28-6-8-30(9-7-28)26-33(43)22-25-50-38(45)4-2/h3-4,6-11,16-19,31-33,43H,1-2,5,12-15,20-27H2. The zero-order valence-electron chi connectivity index (χ0n) is 29.4. The Balaban J connectivity index is 1.08. The molecule has 0 heterocycles. The number of fused-ring (bicyclic) bond motifs is 5. The van der Waals surface area contributed by atoms with Gasteiger partial charge in [0.2, 0.25) is 0 Å². The first-order valence-corrected chi connectivity index (χ1v) is 17.9. The first-order chi connectivity index (χ1) is 25.2. The molecule has 10 nitrogen and oxygen atoms in total. The molecule has 3 aromatic rings. The Hall–Kier alpha value is -5.22. The Morgan fingerprint density at radius 1 is 0.692 bits per heavy atom. The first kappa shape index (κ1) is 38.0. The Morgan fingerprint density at radius 2 is 1.19 bits per heavy atom. The van der Waals surface area contributed by atoms with Crippen LogP contribution in [0.5, 0.6) is 17.2 Å². The predicted octanol–water partition coefficient (Wildman–Crippen LogP) is 6.65. The van der Waals surface area contributed by atoms with Crippen LogP contribution < -0.4 is 14.2 Å². The van der Waals surface area contributed by atoms with E-state index in [1.54, 1.807) is 12.1 Å². The lowest BCUT2D eigenvalue weighted by molar-refractivity contribution is -0.139. The minimum absolute atomic E-state index is 0.125. The number of aryl methyl sites for hydroxylation is 2. The van der Waals surface area contributed by atoms with Crippen LogP contribution in [-0.4, -0.2) is 54.9 Å². The highest BCUT2D eigenvalue weighted by Gasteiger charge is 2.42. The molecule has 5 rings (SSSR count). The number of hydrogen-bond donors (Lipinski definition) is 1. The van der Waals surface area contributed by atoms with Crippen molar-refractivity contribution >= 4 is 23.9 Å². The molecule has 0 aliphatic heterocycles. The molecule has 2 aliphatic carbocycles. The van der Waals surface area contributed by atoms with Crippen molar-refractivity contribution in [2.45, 2.75) is 82.1 Å². The van der Waals surface area contributed by atoms with E-state index in [1.165, 1.54) is 0 Å². The number of ether oxygens (including phenoxy) is 5. The van der Waals surface area contributed by atoms with Gasteiger partial charge in [-0.05, 0) is 91.3 Å². The van der Waals surface area contributed by atoms with Crippen molar-refractivity contribution in [3.63, 3.8) is 0 Å². The topological polar surface area (TPSA) is 135 Å². The van der Waals surface area contributed by atoms with Gasteiger partial charge in [-0.15, -0.1) is 0 Å². The summed E-state index contributed by atoms with van der Waals surface area (Å²) in [7, 11) is 0. The summed E-state index contributed by atoms with van der Waals surface area (Å²) in [4.78, 5) is 48.2. The quantitative estimate of drug-likeness (QED) is 0.0588. The average molecular weight is 711 g/mol. The van der Waals surface area contributed by atoms with Gasteiger partial charge in [-0.25, -0.2) is 9.59 Å². The normalized spacial score (nSPS) is 15.9. The first-order valence-electron chi connectivity index (χ1n) is 17.9. The van der Waals surface area contributed by atoms with Gasteiger partial charge in [-0.2, -0.15) is 0 Å². The van der Waals surface area contributed by atoms with Crippen molar-refractivity contribution < 1.29 is 48.0 Å². The van der Waals surface area contributed by atoms with Crippen LogP contribution in [0.4, 0.5) is 0 Å². The minimum Gasteiger partial charge on any atom is -0.493 e. The van der Waals surface area contributed by atoms with E-state index >= 15 is 0 Å². The zero-order chi connectivity index (χ0) is 36.9. The summed E-state index contributed by atoms with van der Waals surface area (Å²) in [5.41, 5.74) is 4.89. The van der Waals surface area contributed by atoms with Crippen LogP contribution in [0.2, 0.25) is 0 Å². The highest BCUT2D eigenvalue weighted by molar-refractivity contribution is 5.81. The van der Waals surface area contributed by atoms with E-state index in [4.69, 9.17) is 23.7 Å². The Kier molecular flexibility index (Phi) is 13.8. The van der Waals surface area contributed by atoms with Gasteiger partial charge in [0.25, 0.3) is 0 Å². The monoisotopic (exact) mass is 710 g/mol. The Morgan fingerprint density at radius 3 is 1.73 bits per heavy atom. The number of carbonyl (C=O) groups excluding carboxylic acids is 4. The Labute approximate surface area is 304 Å². The molecule has 1 N–H and O–H groups in total. The van der Waals surface area contributed by atoms with Crippen molar-refractivity contribution in [1.82, 2.24) is 0 Å². The van der Waals surface area contributed by atoms with Crippen LogP contribution in [0, 0.1) is 0 Å². The lowest BCUT2D eigenvalue weighted by atomic mass is 9.90. The van der Waals surface area contributed by atoms with Crippen molar-refractivity contribution in [3.05, 3.63) is 114 Å². The summed E-state index contributed by atoms with van der Waals surface area (Å²) in [5, 5.41) is 10.2. The molecule has 52 heavy (non-hydrogen) atoms. The molecule has 1 saturated carbocycles. The molecular weight excluding hydrogens is 664 g/mol. The molecule has 0 saturated heterocycles. The molecular formula is C42H46O10. The number of hydrogen-bond acceptors (Lipinski definition) is 10. The minimum atomic E-state index is -0.642. The summed E-state index contributed by atoms with van der Waals surface area (Å²) in [6, 6.07) is 18.7. The molecule has 2 bridgehead atoms. The van der Waals surface area contributed by atoms with E-state index < -0.39 is 18.0 Å². The molecule has 0 radical (unpaired) electrons. The van der Waals surface area contributed by atoms with Gasteiger partial charge in [0.15, 0.2) is 0 Å². The predicted molar refractivity (Wildman–Crippen MR) is 193 cm³/mol. The molecule has 274 valence electrons. The summed E-state index contributed by atoms with van der Waals surface area (Å²) >= 11 is 0. The molecule has 0 aromatic heterocycles. The fraction of sp³-hybridized carbons (Fsp3) is 0.381. The highest BCUT2D eigenvalue weighted by Crippen LogP contribution is 2.58. The summed E-state index contributed by atoms with van der Waals surface area (Å²) < 4.78 is 27.4. The number of carbonyl (C=O) groups is 4. The zero-order valence-corrected chi connectivity index (χ0v) is 29.4. The highest BCUT2D eigenvalue weighted by atomic mass is 16.5. The molecule has 3 aromatic carbocycles. The van der Waals surface area contributed by atoms with Crippen LogP contribution >= 0.6 is 0 Å². The van der Waals surface area contributed by atoms with Gasteiger partial charge in [0.05, 0.1) is 25.9 Å². The average Bonchev–Trinajstić information content (AvgIpc) is 3.78. The molecule has 0 amide bonds. The van der Waals surface area contributed by atoms with Crippen molar-refractivity contribution in [1.29, 1.82) is 0 Å². The van der Waals surface area contributed by atoms with E-state index in [0.717, 1.165) is 59.2 Å². The lowest BCUT2D eigenvalue weighted by Crippen LogP contribution is -2.15. The van der Waals surface area contributed by atoms with Gasteiger partial charge in [-0.1, -0.05) is 49.6 Å². The maximum Gasteiger partial charge on any atom is 0.330 e. The van der Waals surface area contributed by atoms with Crippen molar-refractivity contribution in [3.8, 4) is 17.2 Å². The number of aliphatic hydroxyl groups excluding tert-OH is 1. The van der Waals surface area contributed by atoms with Crippen molar-refractivity contribution in [2.24, 2.45) is 0 Å². The van der Waals surface area contributed by atoms with Gasteiger partial charge in [0, 0.05) is 49.0 Å². The third-order valence-electron chi connectivity index (χ3n) is 9.39. The molecule has 2 aliphatic rings. The second-order valence-electron chi connectivity index (χ2n) is 13.1. The third-order valence-corrected chi connectivity index (χ3v) is 9.39. The van der Waals surface area contributed by atoms with E-state index in [2.05, 4.69) is 13.2 Å². The summed E-state index contributed by atoms with van der Waals surface area (Å²) in [6.07, 6.45) is 7.33. The SMILES string of the molecule is C=CC(=O)OCCCOc1ccc(CCC(=O)Oc2ccc(OC(=O)CCc3ccc(CC(O)CCOC(=O)C=C)cc3)c3c2C2CCC3C2)cc1. The van der Waals surface area contributed by atoms with Gasteiger partial charge in [0.1, 0.15) is 17.2 Å². The molecule has 10 heteroatoms. The maximum absolute atomic E-state index is 13.0. The fourth-order valence-corrected chi connectivity index (χ4v) is 6.77. The number of esters is 4. The van der Waals surface area contributed by atoms with Gasteiger partial charge < -0.3 is 28.8 Å². The molecule has 1 fully saturated rings. The van der Waals surface area contributed by atoms with Crippen LogP contribution in [0.15, 0.2) is 86.0 Å². The fourth-order valence-electron chi connectivity index (χ4n) is 6.77. The summed E-state index contributed by atoms with van der Waals surface area (Å²) in [5.74, 6) is 0.746. The van der Waals surface area contributed by atoms with E-state index in [0.29, 0.717) is 56.0 Å². The number of aliphatic hydroxyl groups is 1. The molecule has 3 atom stereocenters. The Bertz CT molecular complexity index is 1730. The lowest BCUT2D eigenvalue weighted by Gasteiger charge is -2.21. The second-order valence-corrected chi connectivity index (χ2v) is 13.1. The van der Waals surface area contributed by atoms with Gasteiger partial charge in [-0.3, -0.25) is 9.59 Å². The molecule has 0 spiro atoms. The number of rotatable bonds is 20. The summed E-state index contributed by atoms with van der Waals surface area (Å²) in [6.45, 7) is 7.50. The van der Waals surface area contributed by atoms with E-state index in [-0.39, 0.29) is 49.8 Å². The van der Waals surface area contributed by atoms with E-state index in [9.17, 15) is 24.3 Å². The number of benzene rings is 3. The smallest absolute Gasteiger partial charge is 0.330 e. The van der Waals surface area contributed by atoms with Gasteiger partial charge >= 0.3 is 23.9 Å². The second kappa shape index (κ2) is 18.9. The third kappa shape index (κ3) is 10.9. The molecule has 3 unspecified atom stereocenters. The van der Waals surface area contributed by atoms with Crippen molar-refractivity contribution in [2.75, 3.05) is 19.8 Å². The van der Waals surface area contributed by atoms with Crippen LogP contribution in [0.25, 0.3) is 0 Å². The van der Waals surface area contributed by atoms with Crippen LogP contribution in [0.1, 0.15) is 84.6 Å². The van der Waals surface area contributed by atoms with Crippen LogP contribution in [-0.2, 0) is 47.9 Å². The van der Waals surface area contributed by atoms with E-state index in [1.807, 2.05) is 48.5 Å². The largest absolute Gasteiger partial charge is 0.493 e. The maximum atomic E-state index is 13.0. The van der Waals surface area contributed by atoms with Crippen LogP contribution in [0.3, 0.4) is 0 Å².